The van der Waals surface area contributed by atoms with Crippen molar-refractivity contribution in [1.82, 2.24) is 0 Å². The zero-order chi connectivity index (χ0) is 6.41. The lowest BCUT2D eigenvalue weighted by Gasteiger charge is -1.91. The highest BCUT2D eigenvalue weighted by molar-refractivity contribution is 5.02. The van der Waals surface area contributed by atoms with Gasteiger partial charge in [-0.05, 0) is 6.92 Å². The van der Waals surface area contributed by atoms with E-state index >= 15 is 0 Å². The van der Waals surface area contributed by atoms with Crippen molar-refractivity contribution in [2.45, 2.75) is 20.3 Å². The van der Waals surface area contributed by atoms with Gasteiger partial charge in [-0.2, -0.15) is 0 Å². The molecule has 0 saturated carbocycles. The van der Waals surface area contributed by atoms with Crippen LogP contribution in [0.3, 0.4) is 0 Å². The Morgan fingerprint density at radius 3 is 2.62 bits per heavy atom. The van der Waals surface area contributed by atoms with Gasteiger partial charge in [0, 0.05) is 12.3 Å². The molecule has 0 aliphatic carbocycles. The molecule has 0 aromatic heterocycles. The first kappa shape index (κ1) is 7.12. The van der Waals surface area contributed by atoms with Gasteiger partial charge in [0.2, 0.25) is 0 Å². The summed E-state index contributed by atoms with van der Waals surface area (Å²) < 4.78 is 0. The molecular weight excluding hydrogens is 96.1 g/mol. The summed E-state index contributed by atoms with van der Waals surface area (Å²) in [6, 6.07) is 0. The first-order valence-electron chi connectivity index (χ1n) is 2.67. The fraction of sp³-hybridized carbons (Fsp3) is 0.500. The highest BCUT2D eigenvalue weighted by atomic mass is 13.9. The number of hydrogen-bond acceptors (Lipinski definition) is 0. The average molecular weight is 106 g/mol. The molecule has 1 unspecified atom stereocenters. The third kappa shape index (κ3) is 3.32. The van der Waals surface area contributed by atoms with E-state index in [1.807, 2.05) is 13.8 Å². The molecule has 0 rings (SSSR count). The van der Waals surface area contributed by atoms with Crippen molar-refractivity contribution >= 4 is 0 Å². The maximum Gasteiger partial charge on any atom is 0.0281 e. The first-order valence-corrected chi connectivity index (χ1v) is 2.67. The van der Waals surface area contributed by atoms with Gasteiger partial charge in [-0.25, -0.2) is 0 Å². The molecule has 0 aromatic rings. The Labute approximate surface area is 51.3 Å². The van der Waals surface area contributed by atoms with E-state index in [9.17, 15) is 0 Å². The molecule has 0 heterocycles. The Kier molecular flexibility index (Phi) is 3.81. The Hall–Kier alpha value is -0.880. The summed E-state index contributed by atoms with van der Waals surface area (Å²) in [6.07, 6.45) is 5.92. The van der Waals surface area contributed by atoms with Crippen LogP contribution in [0, 0.1) is 30.1 Å². The van der Waals surface area contributed by atoms with E-state index < -0.39 is 0 Å². The van der Waals surface area contributed by atoms with Gasteiger partial charge in [0.05, 0.1) is 0 Å². The van der Waals surface area contributed by atoms with Crippen LogP contribution in [-0.2, 0) is 0 Å². The molecule has 0 N–H and O–H groups in total. The minimum Gasteiger partial charge on any atom is -0.120 e. The molecular formula is C8H10. The topological polar surface area (TPSA) is 0 Å². The van der Waals surface area contributed by atoms with Crippen LogP contribution in [0.4, 0.5) is 0 Å². The van der Waals surface area contributed by atoms with Crippen molar-refractivity contribution in [1.29, 1.82) is 0 Å². The van der Waals surface area contributed by atoms with Gasteiger partial charge < -0.3 is 0 Å². The summed E-state index contributed by atoms with van der Waals surface area (Å²) in [5.74, 6) is 8.60. The van der Waals surface area contributed by atoms with E-state index in [1.54, 1.807) is 0 Å². The van der Waals surface area contributed by atoms with Gasteiger partial charge >= 0.3 is 0 Å². The molecule has 0 heteroatoms. The van der Waals surface area contributed by atoms with E-state index in [-0.39, 0.29) is 0 Å². The molecule has 0 saturated heterocycles. The van der Waals surface area contributed by atoms with Crippen LogP contribution in [-0.4, -0.2) is 0 Å². The zero-order valence-electron chi connectivity index (χ0n) is 5.36. The van der Waals surface area contributed by atoms with Crippen LogP contribution in [0.15, 0.2) is 0 Å². The SMILES string of the molecule is C#CC(C)CC#CC. The third-order valence-electron chi connectivity index (χ3n) is 0.870. The van der Waals surface area contributed by atoms with E-state index in [0.717, 1.165) is 6.42 Å². The molecule has 0 spiro atoms. The highest BCUT2D eigenvalue weighted by Crippen LogP contribution is 1.95. The Balaban J connectivity index is 3.38. The standard InChI is InChI=1S/C8H10/c1-4-6-7-8(3)5-2/h2,8H,7H2,1,3H3. The van der Waals surface area contributed by atoms with E-state index in [1.165, 1.54) is 0 Å². The normalized spacial score (nSPS) is 10.6. The van der Waals surface area contributed by atoms with E-state index in [2.05, 4.69) is 17.8 Å². The van der Waals surface area contributed by atoms with E-state index in [0.29, 0.717) is 5.92 Å². The van der Waals surface area contributed by atoms with Crippen LogP contribution in [0.2, 0.25) is 0 Å². The fourth-order valence-corrected chi connectivity index (χ4v) is 0.314. The monoisotopic (exact) mass is 106 g/mol. The molecule has 0 amide bonds. The van der Waals surface area contributed by atoms with Crippen molar-refractivity contribution in [3.05, 3.63) is 0 Å². The predicted molar refractivity (Wildman–Crippen MR) is 36.1 cm³/mol. The predicted octanol–water partition coefficient (Wildman–Crippen LogP) is 1.67. The minimum absolute atomic E-state index is 0.308. The maximum atomic E-state index is 5.10. The number of terminal acetylenes is 1. The molecule has 0 radical (unpaired) electrons. The molecule has 42 valence electrons. The minimum atomic E-state index is 0.308. The van der Waals surface area contributed by atoms with Crippen LogP contribution in [0.25, 0.3) is 0 Å². The zero-order valence-corrected chi connectivity index (χ0v) is 5.36. The lowest BCUT2D eigenvalue weighted by molar-refractivity contribution is 0.790. The van der Waals surface area contributed by atoms with Crippen molar-refractivity contribution in [3.63, 3.8) is 0 Å². The first-order chi connectivity index (χ1) is 3.81. The van der Waals surface area contributed by atoms with Crippen LogP contribution < -0.4 is 0 Å². The molecule has 0 fully saturated rings. The summed E-state index contributed by atoms with van der Waals surface area (Å²) in [4.78, 5) is 0. The second kappa shape index (κ2) is 4.28. The van der Waals surface area contributed by atoms with Gasteiger partial charge in [-0.3, -0.25) is 0 Å². The molecule has 0 bridgehead atoms. The van der Waals surface area contributed by atoms with Crippen molar-refractivity contribution in [3.8, 4) is 24.2 Å². The van der Waals surface area contributed by atoms with Crippen LogP contribution in [0.5, 0.6) is 0 Å². The molecule has 8 heavy (non-hydrogen) atoms. The Morgan fingerprint density at radius 1 is 1.62 bits per heavy atom. The van der Waals surface area contributed by atoms with E-state index in [4.69, 9.17) is 6.42 Å². The molecule has 0 aromatic carbocycles. The van der Waals surface area contributed by atoms with Crippen molar-refractivity contribution in [2.75, 3.05) is 0 Å². The molecule has 0 aliphatic heterocycles. The summed E-state index contributed by atoms with van der Waals surface area (Å²) in [7, 11) is 0. The Morgan fingerprint density at radius 2 is 2.25 bits per heavy atom. The van der Waals surface area contributed by atoms with Crippen LogP contribution in [0.1, 0.15) is 20.3 Å². The average Bonchev–Trinajstić information content (AvgIpc) is 1.83. The second-order valence-electron chi connectivity index (χ2n) is 1.70. The second-order valence-corrected chi connectivity index (χ2v) is 1.70. The van der Waals surface area contributed by atoms with Crippen LogP contribution >= 0.6 is 0 Å². The third-order valence-corrected chi connectivity index (χ3v) is 0.870. The van der Waals surface area contributed by atoms with Gasteiger partial charge in [-0.1, -0.05) is 6.92 Å². The molecule has 0 aliphatic rings. The quantitative estimate of drug-likeness (QED) is 0.446. The van der Waals surface area contributed by atoms with Gasteiger partial charge in [0.1, 0.15) is 0 Å². The summed E-state index contributed by atoms with van der Waals surface area (Å²) in [5.41, 5.74) is 0. The highest BCUT2D eigenvalue weighted by Gasteiger charge is 1.88. The maximum absolute atomic E-state index is 5.10. The van der Waals surface area contributed by atoms with Crippen molar-refractivity contribution < 1.29 is 0 Å². The fourth-order valence-electron chi connectivity index (χ4n) is 0.314. The summed E-state index contributed by atoms with van der Waals surface area (Å²) in [5, 5.41) is 0. The molecule has 1 atom stereocenters. The van der Waals surface area contributed by atoms with Crippen molar-refractivity contribution in [2.24, 2.45) is 5.92 Å². The lowest BCUT2D eigenvalue weighted by atomic mass is 10.1. The summed E-state index contributed by atoms with van der Waals surface area (Å²) in [6.45, 7) is 3.81. The van der Waals surface area contributed by atoms with Gasteiger partial charge in [0.25, 0.3) is 0 Å². The smallest absolute Gasteiger partial charge is 0.0281 e. The molecule has 0 nitrogen and oxygen atoms in total. The number of rotatable bonds is 1. The Bertz CT molecular complexity index is 138. The lowest BCUT2D eigenvalue weighted by Crippen LogP contribution is -1.84. The van der Waals surface area contributed by atoms with Gasteiger partial charge in [0.15, 0.2) is 0 Å². The number of hydrogen-bond donors (Lipinski definition) is 0. The summed E-state index contributed by atoms with van der Waals surface area (Å²) >= 11 is 0. The largest absolute Gasteiger partial charge is 0.120 e. The van der Waals surface area contributed by atoms with Gasteiger partial charge in [-0.15, -0.1) is 24.2 Å².